The second-order valence-electron chi connectivity index (χ2n) is 5.17. The van der Waals surface area contributed by atoms with Gasteiger partial charge >= 0.3 is 5.97 Å². The number of aliphatic carboxylic acids is 1. The molecule has 6 heteroatoms. The third-order valence-corrected chi connectivity index (χ3v) is 3.35. The number of aliphatic hydroxyl groups excluding tert-OH is 1. The fourth-order valence-corrected chi connectivity index (χ4v) is 2.34. The standard InChI is InChI=1S/C15H20O6/c1-9-5-10(8-19-2)3-4-12(9)20-14-7-11(16)6-13(21-14)15(17)18/h3-5,11,13-14,16H,6-8H2,1-2H3,(H,17,18). The first-order valence-corrected chi connectivity index (χ1v) is 6.81. The van der Waals surface area contributed by atoms with Crippen molar-refractivity contribution in [2.75, 3.05) is 7.11 Å². The van der Waals surface area contributed by atoms with Gasteiger partial charge in [0.15, 0.2) is 6.10 Å². The second-order valence-corrected chi connectivity index (χ2v) is 5.17. The van der Waals surface area contributed by atoms with Gasteiger partial charge in [-0.2, -0.15) is 0 Å². The Morgan fingerprint density at radius 3 is 2.81 bits per heavy atom. The Labute approximate surface area is 123 Å². The summed E-state index contributed by atoms with van der Waals surface area (Å²) in [7, 11) is 1.63. The summed E-state index contributed by atoms with van der Waals surface area (Å²) in [6.45, 7) is 2.41. The molecule has 6 nitrogen and oxygen atoms in total. The number of carboxylic acids is 1. The van der Waals surface area contributed by atoms with Gasteiger partial charge in [-0.05, 0) is 24.1 Å². The summed E-state index contributed by atoms with van der Waals surface area (Å²) in [6.07, 6.45) is -2.20. The molecule has 21 heavy (non-hydrogen) atoms. The van der Waals surface area contributed by atoms with E-state index in [0.29, 0.717) is 12.4 Å². The maximum Gasteiger partial charge on any atom is 0.333 e. The van der Waals surface area contributed by atoms with Crippen LogP contribution in [0.2, 0.25) is 0 Å². The van der Waals surface area contributed by atoms with Crippen molar-refractivity contribution in [1.29, 1.82) is 0 Å². The number of carboxylic acid groups (broad SMARTS) is 1. The van der Waals surface area contributed by atoms with Gasteiger partial charge in [0.25, 0.3) is 0 Å². The van der Waals surface area contributed by atoms with Crippen LogP contribution in [0.25, 0.3) is 0 Å². The minimum absolute atomic E-state index is 0.0843. The van der Waals surface area contributed by atoms with Gasteiger partial charge in [0.1, 0.15) is 5.75 Å². The fraction of sp³-hybridized carbons (Fsp3) is 0.533. The average molecular weight is 296 g/mol. The van der Waals surface area contributed by atoms with Crippen LogP contribution in [-0.2, 0) is 20.9 Å². The second kappa shape index (κ2) is 6.89. The molecule has 2 N–H and O–H groups in total. The molecule has 1 aliphatic rings. The zero-order valence-electron chi connectivity index (χ0n) is 12.1. The molecule has 0 bridgehead atoms. The molecule has 2 rings (SSSR count). The minimum atomic E-state index is -1.09. The van der Waals surface area contributed by atoms with Crippen LogP contribution in [0.5, 0.6) is 5.75 Å². The highest BCUT2D eigenvalue weighted by Crippen LogP contribution is 2.26. The van der Waals surface area contributed by atoms with Crippen molar-refractivity contribution >= 4 is 5.97 Å². The molecule has 116 valence electrons. The van der Waals surface area contributed by atoms with E-state index >= 15 is 0 Å². The predicted octanol–water partition coefficient (Wildman–Crippen LogP) is 1.47. The third-order valence-electron chi connectivity index (χ3n) is 3.35. The van der Waals surface area contributed by atoms with E-state index in [1.54, 1.807) is 13.2 Å². The lowest BCUT2D eigenvalue weighted by Crippen LogP contribution is -2.42. The van der Waals surface area contributed by atoms with Crippen LogP contribution >= 0.6 is 0 Å². The quantitative estimate of drug-likeness (QED) is 0.856. The smallest absolute Gasteiger partial charge is 0.333 e. The van der Waals surface area contributed by atoms with Crippen LogP contribution < -0.4 is 4.74 Å². The molecule has 1 heterocycles. The van der Waals surface area contributed by atoms with Crippen LogP contribution in [0.15, 0.2) is 18.2 Å². The van der Waals surface area contributed by atoms with Crippen molar-refractivity contribution in [3.63, 3.8) is 0 Å². The van der Waals surface area contributed by atoms with E-state index < -0.39 is 24.5 Å². The Bertz CT molecular complexity index is 501. The first-order chi connectivity index (χ1) is 9.99. The van der Waals surface area contributed by atoms with Crippen LogP contribution in [0, 0.1) is 6.92 Å². The monoisotopic (exact) mass is 296 g/mol. The summed E-state index contributed by atoms with van der Waals surface area (Å²) < 4.78 is 16.1. The van der Waals surface area contributed by atoms with Crippen LogP contribution in [-0.4, -0.2) is 41.8 Å². The van der Waals surface area contributed by atoms with Crippen molar-refractivity contribution in [3.8, 4) is 5.75 Å². The maximum atomic E-state index is 11.0. The summed E-state index contributed by atoms with van der Waals surface area (Å²) in [5, 5.41) is 18.7. The highest BCUT2D eigenvalue weighted by molar-refractivity contribution is 5.72. The molecular formula is C15H20O6. The van der Waals surface area contributed by atoms with E-state index in [-0.39, 0.29) is 12.8 Å². The molecular weight excluding hydrogens is 276 g/mol. The molecule has 1 saturated heterocycles. The number of benzene rings is 1. The Morgan fingerprint density at radius 2 is 2.19 bits per heavy atom. The Kier molecular flexibility index (Phi) is 5.17. The van der Waals surface area contributed by atoms with Gasteiger partial charge in [0, 0.05) is 20.0 Å². The number of carbonyl (C=O) groups is 1. The van der Waals surface area contributed by atoms with E-state index in [2.05, 4.69) is 0 Å². The maximum absolute atomic E-state index is 11.0. The normalized spacial score (nSPS) is 25.6. The molecule has 1 aliphatic heterocycles. The zero-order valence-corrected chi connectivity index (χ0v) is 12.1. The van der Waals surface area contributed by atoms with Crippen LogP contribution in [0.1, 0.15) is 24.0 Å². The molecule has 0 radical (unpaired) electrons. The zero-order chi connectivity index (χ0) is 15.4. The van der Waals surface area contributed by atoms with Gasteiger partial charge in [0.05, 0.1) is 12.7 Å². The highest BCUT2D eigenvalue weighted by atomic mass is 16.7. The number of ether oxygens (including phenoxy) is 3. The van der Waals surface area contributed by atoms with Crippen molar-refractivity contribution in [2.45, 2.75) is 44.9 Å². The molecule has 0 amide bonds. The van der Waals surface area contributed by atoms with Crippen molar-refractivity contribution < 1.29 is 29.2 Å². The molecule has 0 spiro atoms. The minimum Gasteiger partial charge on any atom is -0.479 e. The van der Waals surface area contributed by atoms with E-state index in [0.717, 1.165) is 11.1 Å². The highest BCUT2D eigenvalue weighted by Gasteiger charge is 2.34. The molecule has 1 aromatic carbocycles. The number of hydrogen-bond acceptors (Lipinski definition) is 5. The van der Waals surface area contributed by atoms with Gasteiger partial charge in [-0.25, -0.2) is 4.79 Å². The fourth-order valence-electron chi connectivity index (χ4n) is 2.34. The lowest BCUT2D eigenvalue weighted by atomic mass is 10.1. The van der Waals surface area contributed by atoms with Gasteiger partial charge < -0.3 is 24.4 Å². The van der Waals surface area contributed by atoms with Crippen molar-refractivity contribution in [1.82, 2.24) is 0 Å². The first-order valence-electron chi connectivity index (χ1n) is 6.81. The summed E-state index contributed by atoms with van der Waals surface area (Å²) in [4.78, 5) is 11.0. The molecule has 3 atom stereocenters. The number of hydrogen-bond donors (Lipinski definition) is 2. The Morgan fingerprint density at radius 1 is 1.43 bits per heavy atom. The summed E-state index contributed by atoms with van der Waals surface area (Å²) in [5.41, 5.74) is 1.93. The lowest BCUT2D eigenvalue weighted by Gasteiger charge is -2.31. The number of rotatable bonds is 5. The molecule has 0 saturated carbocycles. The number of methoxy groups -OCH3 is 1. The lowest BCUT2D eigenvalue weighted by molar-refractivity contribution is -0.195. The summed E-state index contributed by atoms with van der Waals surface area (Å²) in [6, 6.07) is 5.61. The first kappa shape index (κ1) is 15.8. The molecule has 0 aliphatic carbocycles. The largest absolute Gasteiger partial charge is 0.479 e. The van der Waals surface area contributed by atoms with E-state index in [1.807, 2.05) is 19.1 Å². The van der Waals surface area contributed by atoms with E-state index in [9.17, 15) is 9.90 Å². The predicted molar refractivity (Wildman–Crippen MR) is 74.1 cm³/mol. The number of aliphatic hydroxyl groups is 1. The van der Waals surface area contributed by atoms with Crippen LogP contribution in [0.3, 0.4) is 0 Å². The third kappa shape index (κ3) is 4.17. The Hall–Kier alpha value is -1.63. The van der Waals surface area contributed by atoms with Crippen molar-refractivity contribution in [2.24, 2.45) is 0 Å². The summed E-state index contributed by atoms with van der Waals surface area (Å²) >= 11 is 0. The van der Waals surface area contributed by atoms with Gasteiger partial charge in [0.2, 0.25) is 6.29 Å². The van der Waals surface area contributed by atoms with Crippen molar-refractivity contribution in [3.05, 3.63) is 29.3 Å². The average Bonchev–Trinajstić information content (AvgIpc) is 2.41. The van der Waals surface area contributed by atoms with Crippen LogP contribution in [0.4, 0.5) is 0 Å². The summed E-state index contributed by atoms with van der Waals surface area (Å²) in [5.74, 6) is -0.479. The topological polar surface area (TPSA) is 85.2 Å². The SMILES string of the molecule is COCc1ccc(OC2CC(O)CC(C(=O)O)O2)c(C)c1. The Balaban J connectivity index is 2.05. The van der Waals surface area contributed by atoms with Gasteiger partial charge in [-0.3, -0.25) is 0 Å². The van der Waals surface area contributed by atoms with E-state index in [4.69, 9.17) is 19.3 Å². The van der Waals surface area contributed by atoms with Gasteiger partial charge in [-0.15, -0.1) is 0 Å². The van der Waals surface area contributed by atoms with Gasteiger partial charge in [-0.1, -0.05) is 12.1 Å². The molecule has 0 aromatic heterocycles. The molecule has 1 fully saturated rings. The molecule has 3 unspecified atom stereocenters. The van der Waals surface area contributed by atoms with E-state index in [1.165, 1.54) is 0 Å². The number of aryl methyl sites for hydroxylation is 1. The molecule has 1 aromatic rings.